The smallest absolute Gasteiger partial charge is 0.118 e. The Bertz CT molecular complexity index is 717. The van der Waals surface area contributed by atoms with Gasteiger partial charge < -0.3 is 4.74 Å². The molecule has 2 aromatic carbocycles. The summed E-state index contributed by atoms with van der Waals surface area (Å²) in [6.07, 6.45) is 1.93. The number of rotatable bonds is 3. The third-order valence-corrected chi connectivity index (χ3v) is 3.24. The summed E-state index contributed by atoms with van der Waals surface area (Å²) < 4.78 is 6.95. The summed E-state index contributed by atoms with van der Waals surface area (Å²) in [7, 11) is 1.66. The first-order valence-electron chi connectivity index (χ1n) is 6.41. The highest BCUT2D eigenvalue weighted by atomic mass is 16.5. The Morgan fingerprint density at radius 1 is 1.00 bits per heavy atom. The molecule has 0 bridgehead atoms. The number of hydrogen-bond donors (Lipinski definition) is 0. The van der Waals surface area contributed by atoms with Gasteiger partial charge in [0.25, 0.3) is 0 Å². The molecular formula is C16H15N3O. The number of hydrogen-bond acceptors (Lipinski definition) is 3. The maximum atomic E-state index is 5.15. The van der Waals surface area contributed by atoms with Crippen molar-refractivity contribution in [2.75, 3.05) is 7.11 Å². The van der Waals surface area contributed by atoms with E-state index in [0.717, 1.165) is 22.7 Å². The summed E-state index contributed by atoms with van der Waals surface area (Å²) in [5, 5.41) is 8.43. The lowest BCUT2D eigenvalue weighted by atomic mass is 10.1. The van der Waals surface area contributed by atoms with Gasteiger partial charge in [-0.2, -0.15) is 0 Å². The summed E-state index contributed by atoms with van der Waals surface area (Å²) in [4.78, 5) is 0. The molecule has 1 aromatic heterocycles. The molecule has 0 amide bonds. The van der Waals surface area contributed by atoms with Crippen LogP contribution in [0.4, 0.5) is 0 Å². The third-order valence-electron chi connectivity index (χ3n) is 3.24. The number of aromatic nitrogens is 3. The summed E-state index contributed by atoms with van der Waals surface area (Å²) in [5.74, 6) is 0.833. The van der Waals surface area contributed by atoms with Crippen molar-refractivity contribution < 1.29 is 4.74 Å². The van der Waals surface area contributed by atoms with Crippen molar-refractivity contribution in [2.45, 2.75) is 6.92 Å². The fraction of sp³-hybridized carbons (Fsp3) is 0.125. The van der Waals surface area contributed by atoms with Crippen LogP contribution in [-0.4, -0.2) is 22.1 Å². The molecule has 0 radical (unpaired) electrons. The van der Waals surface area contributed by atoms with E-state index in [4.69, 9.17) is 4.74 Å². The molecule has 100 valence electrons. The molecule has 0 aliphatic heterocycles. The van der Waals surface area contributed by atoms with Gasteiger partial charge in [0, 0.05) is 5.56 Å². The molecule has 0 N–H and O–H groups in total. The fourth-order valence-corrected chi connectivity index (χ4v) is 2.10. The van der Waals surface area contributed by atoms with E-state index in [1.807, 2.05) is 48.7 Å². The van der Waals surface area contributed by atoms with Gasteiger partial charge in [0.1, 0.15) is 11.4 Å². The molecule has 4 nitrogen and oxygen atoms in total. The van der Waals surface area contributed by atoms with Crippen molar-refractivity contribution in [1.29, 1.82) is 0 Å². The first-order valence-corrected chi connectivity index (χ1v) is 6.41. The van der Waals surface area contributed by atoms with Crippen LogP contribution in [0.3, 0.4) is 0 Å². The lowest BCUT2D eigenvalue weighted by molar-refractivity contribution is 0.415. The molecule has 3 aromatic rings. The maximum Gasteiger partial charge on any atom is 0.118 e. The Morgan fingerprint density at radius 3 is 2.45 bits per heavy atom. The van der Waals surface area contributed by atoms with Crippen LogP contribution < -0.4 is 4.74 Å². The molecule has 3 rings (SSSR count). The van der Waals surface area contributed by atoms with Crippen LogP contribution in [0, 0.1) is 6.92 Å². The van der Waals surface area contributed by atoms with Gasteiger partial charge in [0.2, 0.25) is 0 Å². The topological polar surface area (TPSA) is 39.9 Å². The number of ether oxygens (including phenoxy) is 1. The first-order chi connectivity index (χ1) is 9.78. The van der Waals surface area contributed by atoms with Gasteiger partial charge in [0.05, 0.1) is 19.0 Å². The van der Waals surface area contributed by atoms with Crippen LogP contribution in [0.15, 0.2) is 54.7 Å². The van der Waals surface area contributed by atoms with Crippen molar-refractivity contribution in [3.05, 3.63) is 60.3 Å². The minimum atomic E-state index is 0.833. The second-order valence-corrected chi connectivity index (χ2v) is 4.56. The van der Waals surface area contributed by atoms with Gasteiger partial charge in [0.15, 0.2) is 0 Å². The molecule has 1 heterocycles. The van der Waals surface area contributed by atoms with Crippen molar-refractivity contribution >= 4 is 0 Å². The predicted molar refractivity (Wildman–Crippen MR) is 78.1 cm³/mol. The molecule has 0 atom stereocenters. The Morgan fingerprint density at radius 2 is 1.75 bits per heavy atom. The van der Waals surface area contributed by atoms with E-state index < -0.39 is 0 Å². The van der Waals surface area contributed by atoms with Crippen LogP contribution in [0.2, 0.25) is 0 Å². The standard InChI is InChI=1S/C16H15N3O/c1-12-5-3-4-6-16(12)19-11-15(17-18-19)13-7-9-14(20-2)10-8-13/h3-11H,1-2H3. The Kier molecular flexibility index (Phi) is 3.21. The van der Waals surface area contributed by atoms with E-state index in [0.29, 0.717) is 0 Å². The van der Waals surface area contributed by atoms with Gasteiger partial charge in [-0.05, 0) is 42.8 Å². The average Bonchev–Trinajstić information content (AvgIpc) is 2.97. The zero-order chi connectivity index (χ0) is 13.9. The number of nitrogens with zero attached hydrogens (tertiary/aromatic N) is 3. The third kappa shape index (κ3) is 2.28. The van der Waals surface area contributed by atoms with Gasteiger partial charge >= 0.3 is 0 Å². The van der Waals surface area contributed by atoms with E-state index in [1.165, 1.54) is 5.56 Å². The van der Waals surface area contributed by atoms with E-state index in [-0.39, 0.29) is 0 Å². The number of benzene rings is 2. The highest BCUT2D eigenvalue weighted by Gasteiger charge is 2.06. The normalized spacial score (nSPS) is 10.5. The minimum absolute atomic E-state index is 0.833. The van der Waals surface area contributed by atoms with Crippen LogP contribution in [0.5, 0.6) is 5.75 Å². The molecular weight excluding hydrogens is 250 g/mol. The molecule has 20 heavy (non-hydrogen) atoms. The van der Waals surface area contributed by atoms with Crippen molar-refractivity contribution in [2.24, 2.45) is 0 Å². The van der Waals surface area contributed by atoms with Gasteiger partial charge in [-0.25, -0.2) is 4.68 Å². The Labute approximate surface area is 117 Å². The zero-order valence-electron chi connectivity index (χ0n) is 11.4. The van der Waals surface area contributed by atoms with Crippen LogP contribution in [0.25, 0.3) is 16.9 Å². The molecule has 0 saturated carbocycles. The minimum Gasteiger partial charge on any atom is -0.497 e. The van der Waals surface area contributed by atoms with E-state index in [1.54, 1.807) is 11.8 Å². The van der Waals surface area contributed by atoms with Gasteiger partial charge in [-0.1, -0.05) is 23.4 Å². The lowest BCUT2D eigenvalue weighted by Crippen LogP contribution is -1.96. The van der Waals surface area contributed by atoms with Crippen LogP contribution >= 0.6 is 0 Å². The molecule has 0 aliphatic carbocycles. The monoisotopic (exact) mass is 265 g/mol. The van der Waals surface area contributed by atoms with Gasteiger partial charge in [-0.15, -0.1) is 5.10 Å². The van der Waals surface area contributed by atoms with Crippen molar-refractivity contribution in [3.8, 4) is 22.7 Å². The zero-order valence-corrected chi connectivity index (χ0v) is 11.4. The second kappa shape index (κ2) is 5.17. The van der Waals surface area contributed by atoms with E-state index in [2.05, 4.69) is 23.3 Å². The maximum absolute atomic E-state index is 5.15. The quantitative estimate of drug-likeness (QED) is 0.729. The SMILES string of the molecule is COc1ccc(-c2cn(-c3ccccc3C)nn2)cc1. The van der Waals surface area contributed by atoms with Crippen LogP contribution in [-0.2, 0) is 0 Å². The average molecular weight is 265 g/mol. The molecule has 0 spiro atoms. The second-order valence-electron chi connectivity index (χ2n) is 4.56. The highest BCUT2D eigenvalue weighted by Crippen LogP contribution is 2.21. The summed E-state index contributed by atoms with van der Waals surface area (Å²) in [6, 6.07) is 15.9. The Hall–Kier alpha value is -2.62. The molecule has 0 unspecified atom stereocenters. The summed E-state index contributed by atoms with van der Waals surface area (Å²) in [5.41, 5.74) is 4.07. The number of aryl methyl sites for hydroxylation is 1. The van der Waals surface area contributed by atoms with Gasteiger partial charge in [-0.3, -0.25) is 0 Å². The van der Waals surface area contributed by atoms with Crippen molar-refractivity contribution in [3.63, 3.8) is 0 Å². The van der Waals surface area contributed by atoms with E-state index in [9.17, 15) is 0 Å². The molecule has 0 fully saturated rings. The molecule has 0 saturated heterocycles. The number of para-hydroxylation sites is 1. The summed E-state index contributed by atoms with van der Waals surface area (Å²) >= 11 is 0. The largest absolute Gasteiger partial charge is 0.497 e. The number of methoxy groups -OCH3 is 1. The molecule has 4 heteroatoms. The van der Waals surface area contributed by atoms with E-state index >= 15 is 0 Å². The molecule has 0 aliphatic rings. The Balaban J connectivity index is 1.95. The highest BCUT2D eigenvalue weighted by molar-refractivity contribution is 5.59. The first kappa shape index (κ1) is 12.4. The lowest BCUT2D eigenvalue weighted by Gasteiger charge is -2.03. The van der Waals surface area contributed by atoms with Crippen molar-refractivity contribution in [1.82, 2.24) is 15.0 Å². The summed E-state index contributed by atoms with van der Waals surface area (Å²) in [6.45, 7) is 2.06. The predicted octanol–water partition coefficient (Wildman–Crippen LogP) is 3.25. The van der Waals surface area contributed by atoms with Crippen LogP contribution in [0.1, 0.15) is 5.56 Å². The fourth-order valence-electron chi connectivity index (χ4n) is 2.10.